The van der Waals surface area contributed by atoms with E-state index in [1.165, 1.54) is 0 Å². The van der Waals surface area contributed by atoms with Crippen LogP contribution in [0.1, 0.15) is 12.5 Å². The molecular formula is C16H17ClN4O. The highest BCUT2D eigenvalue weighted by Gasteiger charge is 2.06. The minimum absolute atomic E-state index is 0.625. The van der Waals surface area contributed by atoms with Gasteiger partial charge in [0.25, 0.3) is 0 Å². The van der Waals surface area contributed by atoms with Gasteiger partial charge in [0.1, 0.15) is 11.3 Å². The maximum atomic E-state index is 6.08. The molecule has 0 fully saturated rings. The van der Waals surface area contributed by atoms with Gasteiger partial charge in [0.2, 0.25) is 0 Å². The van der Waals surface area contributed by atoms with Crippen LogP contribution in [0.15, 0.2) is 36.4 Å². The number of aryl methyl sites for hydroxylation is 1. The maximum absolute atomic E-state index is 6.08. The molecule has 0 aliphatic rings. The number of aromatic nitrogens is 3. The van der Waals surface area contributed by atoms with Crippen molar-refractivity contribution in [1.82, 2.24) is 15.0 Å². The number of rotatable bonds is 5. The highest BCUT2D eigenvalue weighted by Crippen LogP contribution is 2.24. The second-order valence-electron chi connectivity index (χ2n) is 4.96. The van der Waals surface area contributed by atoms with Gasteiger partial charge >= 0.3 is 0 Å². The predicted molar refractivity (Wildman–Crippen MR) is 88.5 cm³/mol. The summed E-state index contributed by atoms with van der Waals surface area (Å²) < 4.78 is 7.38. The molecule has 3 aromatic rings. The van der Waals surface area contributed by atoms with Crippen LogP contribution in [0.25, 0.3) is 11.0 Å². The molecule has 0 aliphatic heterocycles. The van der Waals surface area contributed by atoms with Crippen molar-refractivity contribution in [2.45, 2.75) is 13.5 Å². The second-order valence-corrected chi connectivity index (χ2v) is 5.39. The number of nitrogens with zero attached hydrogens (tertiary/aromatic N) is 3. The van der Waals surface area contributed by atoms with Gasteiger partial charge in [-0.2, -0.15) is 0 Å². The van der Waals surface area contributed by atoms with E-state index in [0.717, 1.165) is 28.0 Å². The Morgan fingerprint density at radius 2 is 2.09 bits per heavy atom. The smallest absolute Gasteiger partial charge is 0.124 e. The van der Waals surface area contributed by atoms with E-state index in [0.29, 0.717) is 18.2 Å². The molecule has 0 spiro atoms. The number of nitrogens with one attached hydrogen (secondary N) is 1. The van der Waals surface area contributed by atoms with E-state index >= 15 is 0 Å². The van der Waals surface area contributed by atoms with E-state index in [1.54, 1.807) is 4.68 Å². The summed E-state index contributed by atoms with van der Waals surface area (Å²) in [5.41, 5.74) is 3.87. The maximum Gasteiger partial charge on any atom is 0.124 e. The number of anilines is 1. The molecule has 0 saturated carbocycles. The Morgan fingerprint density at radius 1 is 1.23 bits per heavy atom. The van der Waals surface area contributed by atoms with Gasteiger partial charge in [-0.15, -0.1) is 5.10 Å². The van der Waals surface area contributed by atoms with E-state index in [-0.39, 0.29) is 0 Å². The lowest BCUT2D eigenvalue weighted by Crippen LogP contribution is -2.03. The zero-order valence-electron chi connectivity index (χ0n) is 12.5. The van der Waals surface area contributed by atoms with Crippen LogP contribution in [0, 0.1) is 0 Å². The van der Waals surface area contributed by atoms with Crippen LogP contribution in [0.2, 0.25) is 5.02 Å². The highest BCUT2D eigenvalue weighted by atomic mass is 35.5. The van der Waals surface area contributed by atoms with E-state index in [9.17, 15) is 0 Å². The van der Waals surface area contributed by atoms with Crippen LogP contribution in [0.4, 0.5) is 5.69 Å². The van der Waals surface area contributed by atoms with Gasteiger partial charge in [-0.1, -0.05) is 16.8 Å². The minimum Gasteiger partial charge on any atom is -0.494 e. The minimum atomic E-state index is 0.625. The molecule has 0 radical (unpaired) electrons. The molecule has 0 unspecified atom stereocenters. The van der Waals surface area contributed by atoms with Crippen LogP contribution in [-0.4, -0.2) is 21.6 Å². The molecule has 114 valence electrons. The third kappa shape index (κ3) is 2.99. The van der Waals surface area contributed by atoms with Gasteiger partial charge < -0.3 is 10.1 Å². The van der Waals surface area contributed by atoms with Gasteiger partial charge in [-0.3, -0.25) is 0 Å². The van der Waals surface area contributed by atoms with Crippen LogP contribution in [0.5, 0.6) is 5.75 Å². The lowest BCUT2D eigenvalue weighted by molar-refractivity contribution is 0.337. The molecular weight excluding hydrogens is 300 g/mol. The largest absolute Gasteiger partial charge is 0.494 e. The van der Waals surface area contributed by atoms with Crippen LogP contribution in [0.3, 0.4) is 0 Å². The molecule has 0 atom stereocenters. The van der Waals surface area contributed by atoms with E-state index in [4.69, 9.17) is 16.3 Å². The summed E-state index contributed by atoms with van der Waals surface area (Å²) in [5.74, 6) is 0.847. The van der Waals surface area contributed by atoms with Gasteiger partial charge in [0.05, 0.1) is 12.1 Å². The Hall–Kier alpha value is -2.27. The first-order valence-corrected chi connectivity index (χ1v) is 7.49. The molecule has 22 heavy (non-hydrogen) atoms. The molecule has 1 aromatic heterocycles. The molecule has 0 saturated heterocycles. The zero-order valence-corrected chi connectivity index (χ0v) is 13.3. The van der Waals surface area contributed by atoms with E-state index in [1.807, 2.05) is 50.4 Å². The molecule has 0 amide bonds. The van der Waals surface area contributed by atoms with E-state index in [2.05, 4.69) is 15.6 Å². The standard InChI is InChI=1S/C16H17ClN4O/c1-3-22-16-7-4-12(17)8-11(16)10-18-13-5-6-15-14(9-13)19-20-21(15)2/h4-9,18H,3,10H2,1-2H3. The van der Waals surface area contributed by atoms with Gasteiger partial charge in [-0.25, -0.2) is 4.68 Å². The fraction of sp³-hybridized carbons (Fsp3) is 0.250. The zero-order chi connectivity index (χ0) is 15.5. The van der Waals surface area contributed by atoms with Crippen molar-refractivity contribution in [2.24, 2.45) is 7.05 Å². The third-order valence-electron chi connectivity index (χ3n) is 3.42. The van der Waals surface area contributed by atoms with Gasteiger partial charge in [0, 0.05) is 29.9 Å². The van der Waals surface area contributed by atoms with Gasteiger partial charge in [-0.05, 0) is 43.3 Å². The van der Waals surface area contributed by atoms with Crippen LogP contribution in [-0.2, 0) is 13.6 Å². The Balaban J connectivity index is 1.79. The molecule has 1 N–H and O–H groups in total. The fourth-order valence-corrected chi connectivity index (χ4v) is 2.53. The number of hydrogen-bond acceptors (Lipinski definition) is 4. The van der Waals surface area contributed by atoms with Crippen molar-refractivity contribution in [2.75, 3.05) is 11.9 Å². The Labute approximate surface area is 133 Å². The summed E-state index contributed by atoms with van der Waals surface area (Å²) in [6, 6.07) is 11.6. The lowest BCUT2D eigenvalue weighted by Gasteiger charge is -2.12. The van der Waals surface area contributed by atoms with Crippen LogP contribution >= 0.6 is 11.6 Å². The lowest BCUT2D eigenvalue weighted by atomic mass is 10.2. The Bertz CT molecular complexity index is 800. The first-order valence-electron chi connectivity index (χ1n) is 7.12. The number of fused-ring (bicyclic) bond motifs is 1. The van der Waals surface area contributed by atoms with Crippen molar-refractivity contribution in [1.29, 1.82) is 0 Å². The van der Waals surface area contributed by atoms with Gasteiger partial charge in [0.15, 0.2) is 0 Å². The Morgan fingerprint density at radius 3 is 2.91 bits per heavy atom. The summed E-state index contributed by atoms with van der Waals surface area (Å²) in [6.07, 6.45) is 0. The molecule has 0 aliphatic carbocycles. The summed E-state index contributed by atoms with van der Waals surface area (Å²) in [5, 5.41) is 12.2. The number of ether oxygens (including phenoxy) is 1. The normalized spacial score (nSPS) is 10.9. The second kappa shape index (κ2) is 6.23. The van der Waals surface area contributed by atoms with Crippen molar-refractivity contribution in [3.05, 3.63) is 47.0 Å². The number of benzene rings is 2. The summed E-state index contributed by atoms with van der Waals surface area (Å²) in [7, 11) is 1.88. The first-order chi connectivity index (χ1) is 10.7. The third-order valence-corrected chi connectivity index (χ3v) is 3.65. The fourth-order valence-electron chi connectivity index (χ4n) is 2.33. The van der Waals surface area contributed by atoms with E-state index < -0.39 is 0 Å². The Kier molecular flexibility index (Phi) is 4.15. The summed E-state index contributed by atoms with van der Waals surface area (Å²) in [4.78, 5) is 0. The topological polar surface area (TPSA) is 52.0 Å². The molecule has 6 heteroatoms. The van der Waals surface area contributed by atoms with Crippen LogP contribution < -0.4 is 10.1 Å². The number of halogens is 1. The molecule has 1 heterocycles. The molecule has 5 nitrogen and oxygen atoms in total. The van der Waals surface area contributed by atoms with Crippen molar-refractivity contribution < 1.29 is 4.74 Å². The van der Waals surface area contributed by atoms with Crippen molar-refractivity contribution in [3.63, 3.8) is 0 Å². The molecule has 2 aromatic carbocycles. The average Bonchev–Trinajstić information content (AvgIpc) is 2.88. The molecule has 3 rings (SSSR count). The average molecular weight is 317 g/mol. The SMILES string of the molecule is CCOc1ccc(Cl)cc1CNc1ccc2c(c1)nnn2C. The van der Waals surface area contributed by atoms with Crippen molar-refractivity contribution >= 4 is 28.3 Å². The quantitative estimate of drug-likeness (QED) is 0.781. The summed E-state index contributed by atoms with van der Waals surface area (Å²) in [6.45, 7) is 3.22. The van der Waals surface area contributed by atoms with Crippen molar-refractivity contribution in [3.8, 4) is 5.75 Å². The monoisotopic (exact) mass is 316 g/mol. The highest BCUT2D eigenvalue weighted by molar-refractivity contribution is 6.30. The summed E-state index contributed by atoms with van der Waals surface area (Å²) >= 11 is 6.08. The first kappa shape index (κ1) is 14.7. The molecule has 0 bridgehead atoms. The number of hydrogen-bond donors (Lipinski definition) is 1. The predicted octanol–water partition coefficient (Wildman–Crippen LogP) is 3.63.